The topological polar surface area (TPSA) is 38.5 Å². The van der Waals surface area contributed by atoms with Gasteiger partial charge in [0.2, 0.25) is 0 Å². The van der Waals surface area contributed by atoms with E-state index >= 15 is 0 Å². The summed E-state index contributed by atoms with van der Waals surface area (Å²) >= 11 is 0. The molecule has 1 aliphatic carbocycles. The Morgan fingerprint density at radius 3 is 2.71 bits per heavy atom. The Morgan fingerprint density at radius 1 is 1.41 bits per heavy atom. The molecule has 1 fully saturated rings. The molecular weight excluding hydrogens is 212 g/mol. The van der Waals surface area contributed by atoms with E-state index < -0.39 is 0 Å². The number of rotatable bonds is 6. The number of nitrogens with two attached hydrogens (primary N) is 1. The van der Waals surface area contributed by atoms with Gasteiger partial charge in [-0.2, -0.15) is 0 Å². The number of hydrogen-bond acceptors (Lipinski definition) is 3. The van der Waals surface area contributed by atoms with Crippen LogP contribution >= 0.6 is 0 Å². The maximum absolute atomic E-state index is 6.43. The van der Waals surface area contributed by atoms with Gasteiger partial charge in [0.05, 0.1) is 6.61 Å². The van der Waals surface area contributed by atoms with Crippen LogP contribution in [-0.4, -0.2) is 44.3 Å². The molecular formula is C14H30N2O. The lowest BCUT2D eigenvalue weighted by Crippen LogP contribution is -2.50. The summed E-state index contributed by atoms with van der Waals surface area (Å²) in [6, 6.07) is 0.341. The van der Waals surface area contributed by atoms with E-state index in [1.807, 2.05) is 0 Å². The van der Waals surface area contributed by atoms with E-state index in [-0.39, 0.29) is 0 Å². The molecule has 0 aromatic carbocycles. The van der Waals surface area contributed by atoms with Gasteiger partial charge < -0.3 is 15.4 Å². The molecule has 102 valence electrons. The van der Waals surface area contributed by atoms with Crippen LogP contribution in [0.2, 0.25) is 0 Å². The first kappa shape index (κ1) is 14.9. The van der Waals surface area contributed by atoms with E-state index in [9.17, 15) is 0 Å². The van der Waals surface area contributed by atoms with Crippen molar-refractivity contribution in [2.75, 3.05) is 33.4 Å². The van der Waals surface area contributed by atoms with Crippen LogP contribution in [0.5, 0.6) is 0 Å². The van der Waals surface area contributed by atoms with Crippen LogP contribution in [0.25, 0.3) is 0 Å². The molecule has 1 rings (SSSR count). The molecule has 0 aromatic heterocycles. The molecule has 0 aliphatic heterocycles. The maximum Gasteiger partial charge on any atom is 0.0589 e. The first-order valence-corrected chi connectivity index (χ1v) is 6.98. The summed E-state index contributed by atoms with van der Waals surface area (Å²) in [6.07, 6.45) is 3.89. The van der Waals surface area contributed by atoms with Crippen molar-refractivity contribution in [2.24, 2.45) is 17.1 Å². The highest BCUT2D eigenvalue weighted by atomic mass is 16.5. The van der Waals surface area contributed by atoms with E-state index in [0.29, 0.717) is 17.4 Å². The van der Waals surface area contributed by atoms with Gasteiger partial charge in [-0.05, 0) is 30.7 Å². The summed E-state index contributed by atoms with van der Waals surface area (Å²) in [5.41, 5.74) is 6.74. The van der Waals surface area contributed by atoms with E-state index in [4.69, 9.17) is 10.5 Å². The zero-order valence-corrected chi connectivity index (χ0v) is 12.0. The highest BCUT2D eigenvalue weighted by molar-refractivity contribution is 4.92. The lowest BCUT2D eigenvalue weighted by atomic mass is 9.68. The van der Waals surface area contributed by atoms with Gasteiger partial charge in [0, 0.05) is 26.2 Å². The van der Waals surface area contributed by atoms with E-state index in [1.54, 1.807) is 7.11 Å². The molecule has 3 nitrogen and oxygen atoms in total. The molecule has 2 unspecified atom stereocenters. The van der Waals surface area contributed by atoms with E-state index in [1.165, 1.54) is 19.3 Å². The normalized spacial score (nSPS) is 28.6. The second-order valence-corrected chi connectivity index (χ2v) is 6.05. The van der Waals surface area contributed by atoms with Crippen molar-refractivity contribution in [3.05, 3.63) is 0 Å². The smallest absolute Gasteiger partial charge is 0.0589 e. The summed E-state index contributed by atoms with van der Waals surface area (Å²) in [5, 5.41) is 0. The van der Waals surface area contributed by atoms with Crippen molar-refractivity contribution >= 4 is 0 Å². The first-order chi connectivity index (χ1) is 8.01. The Hall–Kier alpha value is -0.120. The first-order valence-electron chi connectivity index (χ1n) is 6.98. The molecule has 1 aliphatic rings. The summed E-state index contributed by atoms with van der Waals surface area (Å²) in [4.78, 5) is 2.47. The van der Waals surface area contributed by atoms with Gasteiger partial charge >= 0.3 is 0 Å². The van der Waals surface area contributed by atoms with Crippen LogP contribution in [0.15, 0.2) is 0 Å². The van der Waals surface area contributed by atoms with Gasteiger partial charge in [-0.3, -0.25) is 0 Å². The highest BCUT2D eigenvalue weighted by Crippen LogP contribution is 2.37. The maximum atomic E-state index is 6.43. The average Bonchev–Trinajstić information content (AvgIpc) is 2.29. The fourth-order valence-electron chi connectivity index (χ4n) is 2.94. The average molecular weight is 242 g/mol. The summed E-state index contributed by atoms with van der Waals surface area (Å²) in [6.45, 7) is 10.9. The molecule has 0 bridgehead atoms. The summed E-state index contributed by atoms with van der Waals surface area (Å²) in [7, 11) is 1.77. The van der Waals surface area contributed by atoms with Crippen LogP contribution in [0.3, 0.4) is 0 Å². The number of nitrogens with zero attached hydrogens (tertiary/aromatic N) is 1. The van der Waals surface area contributed by atoms with Crippen molar-refractivity contribution < 1.29 is 4.74 Å². The minimum absolute atomic E-state index is 0.309. The van der Waals surface area contributed by atoms with Gasteiger partial charge in [0.1, 0.15) is 0 Å². The van der Waals surface area contributed by atoms with Gasteiger partial charge in [0.25, 0.3) is 0 Å². The third kappa shape index (κ3) is 4.23. The summed E-state index contributed by atoms with van der Waals surface area (Å²) < 4.78 is 5.16. The van der Waals surface area contributed by atoms with E-state index in [2.05, 4.69) is 25.7 Å². The third-order valence-electron chi connectivity index (χ3n) is 4.36. The number of methoxy groups -OCH3 is 1. The molecule has 0 saturated heterocycles. The van der Waals surface area contributed by atoms with Crippen LogP contribution < -0.4 is 5.73 Å². The zero-order valence-electron chi connectivity index (χ0n) is 12.0. The monoisotopic (exact) mass is 242 g/mol. The fraction of sp³-hybridized carbons (Fsp3) is 1.00. The molecule has 0 aromatic rings. The fourth-order valence-corrected chi connectivity index (χ4v) is 2.94. The Labute approximate surface area is 107 Å². The Kier molecular flexibility index (Phi) is 5.90. The predicted octanol–water partition coefficient (Wildman–Crippen LogP) is 2.11. The van der Waals surface area contributed by atoms with Crippen LogP contribution in [-0.2, 0) is 4.74 Å². The van der Waals surface area contributed by atoms with Crippen LogP contribution in [0, 0.1) is 11.3 Å². The predicted molar refractivity (Wildman–Crippen MR) is 73.1 cm³/mol. The number of likely N-dealkylation sites (N-methyl/N-ethyl adjacent to an activating group) is 1. The van der Waals surface area contributed by atoms with Gasteiger partial charge in [0.15, 0.2) is 0 Å². The molecule has 0 amide bonds. The van der Waals surface area contributed by atoms with Gasteiger partial charge in [-0.15, -0.1) is 0 Å². The molecule has 3 heteroatoms. The lowest BCUT2D eigenvalue weighted by molar-refractivity contribution is 0.0881. The highest BCUT2D eigenvalue weighted by Gasteiger charge is 2.36. The van der Waals surface area contributed by atoms with Crippen molar-refractivity contribution in [2.45, 2.75) is 46.1 Å². The largest absolute Gasteiger partial charge is 0.383 e. The minimum atomic E-state index is 0.309. The van der Waals surface area contributed by atoms with Gasteiger partial charge in [-0.25, -0.2) is 0 Å². The molecule has 0 spiro atoms. The second-order valence-electron chi connectivity index (χ2n) is 6.05. The SMILES string of the molecule is CCN(CCOC)CC1CCCC(C)(C)C1N. The molecule has 2 N–H and O–H groups in total. The van der Waals surface area contributed by atoms with Gasteiger partial charge in [-0.1, -0.05) is 27.2 Å². The number of ether oxygens (including phenoxy) is 1. The Bertz CT molecular complexity index is 218. The Balaban J connectivity index is 2.48. The molecule has 2 atom stereocenters. The molecule has 0 heterocycles. The molecule has 17 heavy (non-hydrogen) atoms. The minimum Gasteiger partial charge on any atom is -0.383 e. The zero-order chi connectivity index (χ0) is 12.9. The lowest BCUT2D eigenvalue weighted by Gasteiger charge is -2.43. The number of hydrogen-bond donors (Lipinski definition) is 1. The summed E-state index contributed by atoms with van der Waals surface area (Å²) in [5.74, 6) is 0.649. The quantitative estimate of drug-likeness (QED) is 0.775. The molecule has 1 saturated carbocycles. The van der Waals surface area contributed by atoms with Crippen LogP contribution in [0.1, 0.15) is 40.0 Å². The van der Waals surface area contributed by atoms with Crippen molar-refractivity contribution in [1.82, 2.24) is 4.90 Å². The molecule has 0 radical (unpaired) electrons. The van der Waals surface area contributed by atoms with E-state index in [0.717, 1.165) is 26.2 Å². The van der Waals surface area contributed by atoms with Crippen LogP contribution in [0.4, 0.5) is 0 Å². The van der Waals surface area contributed by atoms with Crippen molar-refractivity contribution in [1.29, 1.82) is 0 Å². The van der Waals surface area contributed by atoms with Crippen molar-refractivity contribution in [3.8, 4) is 0 Å². The Morgan fingerprint density at radius 2 is 2.12 bits per heavy atom. The third-order valence-corrected chi connectivity index (χ3v) is 4.36. The standard InChI is InChI=1S/C14H30N2O/c1-5-16(9-10-17-4)11-12-7-6-8-14(2,3)13(12)15/h12-13H,5-11,15H2,1-4H3. The second kappa shape index (κ2) is 6.72. The van der Waals surface area contributed by atoms with Crippen molar-refractivity contribution in [3.63, 3.8) is 0 Å².